The van der Waals surface area contributed by atoms with Crippen molar-refractivity contribution >= 4 is 23.9 Å². The van der Waals surface area contributed by atoms with Gasteiger partial charge in [0.2, 0.25) is 0 Å². The van der Waals surface area contributed by atoms with E-state index in [-0.39, 0.29) is 18.9 Å². The lowest BCUT2D eigenvalue weighted by molar-refractivity contribution is -0.132. The number of carbonyl (C=O) groups excluding carboxylic acids is 4. The largest absolute Gasteiger partial charge is 0.445 e. The molecule has 0 fully saturated rings. The molecule has 2 aromatic rings. The minimum absolute atomic E-state index is 0.0621. The summed E-state index contributed by atoms with van der Waals surface area (Å²) in [5, 5.41) is 2.51. The van der Waals surface area contributed by atoms with Crippen molar-refractivity contribution in [2.24, 2.45) is 11.7 Å². The zero-order valence-corrected chi connectivity index (χ0v) is 19.4. The SMILES string of the molecule is CC(=O)Oc1ccc(CC(N)C(=O)NNC(=O)C(NC(=O)OCc2ccccc2)C(C)C)cc1. The van der Waals surface area contributed by atoms with Crippen LogP contribution in [0, 0.1) is 5.92 Å². The maximum Gasteiger partial charge on any atom is 0.408 e. The van der Waals surface area contributed by atoms with E-state index in [0.29, 0.717) is 5.75 Å². The Morgan fingerprint density at radius 3 is 2.09 bits per heavy atom. The molecule has 0 aromatic heterocycles. The van der Waals surface area contributed by atoms with Crippen LogP contribution < -0.4 is 26.6 Å². The third-order valence-corrected chi connectivity index (χ3v) is 4.72. The molecule has 34 heavy (non-hydrogen) atoms. The smallest absolute Gasteiger partial charge is 0.408 e. The van der Waals surface area contributed by atoms with Crippen LogP contribution in [0.1, 0.15) is 31.9 Å². The Labute approximate surface area is 198 Å². The van der Waals surface area contributed by atoms with Crippen molar-refractivity contribution in [2.45, 2.75) is 45.9 Å². The summed E-state index contributed by atoms with van der Waals surface area (Å²) < 4.78 is 10.1. The highest BCUT2D eigenvalue weighted by Crippen LogP contribution is 2.13. The van der Waals surface area contributed by atoms with E-state index in [1.54, 1.807) is 38.1 Å². The van der Waals surface area contributed by atoms with E-state index in [9.17, 15) is 19.2 Å². The summed E-state index contributed by atoms with van der Waals surface area (Å²) in [6.45, 7) is 4.85. The number of benzene rings is 2. The third-order valence-electron chi connectivity index (χ3n) is 4.72. The lowest BCUT2D eigenvalue weighted by Gasteiger charge is -2.22. The van der Waals surface area contributed by atoms with E-state index in [1.807, 2.05) is 30.3 Å². The van der Waals surface area contributed by atoms with Crippen molar-refractivity contribution in [1.29, 1.82) is 0 Å². The van der Waals surface area contributed by atoms with E-state index in [2.05, 4.69) is 16.2 Å². The molecule has 182 valence electrons. The summed E-state index contributed by atoms with van der Waals surface area (Å²) in [6.07, 6.45) is -0.558. The van der Waals surface area contributed by atoms with Crippen LogP contribution in [0.25, 0.3) is 0 Å². The third kappa shape index (κ3) is 8.91. The molecule has 2 rings (SSSR count). The summed E-state index contributed by atoms with van der Waals surface area (Å²) in [7, 11) is 0. The first-order chi connectivity index (χ1) is 16.2. The molecular weight excluding hydrogens is 440 g/mol. The molecule has 2 aromatic carbocycles. The van der Waals surface area contributed by atoms with Gasteiger partial charge in [0.25, 0.3) is 11.8 Å². The predicted octanol–water partition coefficient (Wildman–Crippen LogP) is 1.58. The molecular formula is C24H30N4O6. The van der Waals surface area contributed by atoms with Gasteiger partial charge in [0.15, 0.2) is 0 Å². The summed E-state index contributed by atoms with van der Waals surface area (Å²) >= 11 is 0. The average molecular weight is 471 g/mol. The molecule has 2 atom stereocenters. The fourth-order valence-electron chi connectivity index (χ4n) is 2.93. The monoisotopic (exact) mass is 470 g/mol. The predicted molar refractivity (Wildman–Crippen MR) is 124 cm³/mol. The number of hydrazine groups is 1. The van der Waals surface area contributed by atoms with Crippen LogP contribution in [0.2, 0.25) is 0 Å². The number of ether oxygens (including phenoxy) is 2. The first kappa shape index (κ1) is 26.3. The fraction of sp³-hybridized carbons (Fsp3) is 0.333. The topological polar surface area (TPSA) is 149 Å². The van der Waals surface area contributed by atoms with Crippen molar-refractivity contribution in [3.05, 3.63) is 65.7 Å². The number of hydrogen-bond acceptors (Lipinski definition) is 7. The van der Waals surface area contributed by atoms with Gasteiger partial charge in [0.1, 0.15) is 18.4 Å². The molecule has 0 heterocycles. The summed E-state index contributed by atoms with van der Waals surface area (Å²) in [5.41, 5.74) is 12.1. The molecule has 5 N–H and O–H groups in total. The van der Waals surface area contributed by atoms with Crippen LogP contribution in [-0.2, 0) is 32.1 Å². The number of carbonyl (C=O) groups is 4. The lowest BCUT2D eigenvalue weighted by atomic mass is 10.0. The fourth-order valence-corrected chi connectivity index (χ4v) is 2.93. The molecule has 2 unspecified atom stereocenters. The number of nitrogens with one attached hydrogen (secondary N) is 3. The molecule has 0 bridgehead atoms. The molecule has 0 spiro atoms. The molecule has 0 aliphatic rings. The molecule has 10 nitrogen and oxygen atoms in total. The minimum Gasteiger partial charge on any atom is -0.445 e. The van der Waals surface area contributed by atoms with Crippen LogP contribution in [-0.4, -0.2) is 36.0 Å². The number of amides is 3. The van der Waals surface area contributed by atoms with Gasteiger partial charge in [-0.3, -0.25) is 25.2 Å². The van der Waals surface area contributed by atoms with Gasteiger partial charge in [0, 0.05) is 6.92 Å². The Morgan fingerprint density at radius 2 is 1.50 bits per heavy atom. The van der Waals surface area contributed by atoms with Crippen LogP contribution in [0.4, 0.5) is 4.79 Å². The Hall–Kier alpha value is -3.92. The molecule has 0 aliphatic carbocycles. The normalized spacial score (nSPS) is 12.3. The Morgan fingerprint density at radius 1 is 0.882 bits per heavy atom. The van der Waals surface area contributed by atoms with E-state index in [4.69, 9.17) is 15.2 Å². The number of rotatable bonds is 9. The van der Waals surface area contributed by atoms with Gasteiger partial charge in [0.05, 0.1) is 6.04 Å². The highest BCUT2D eigenvalue weighted by Gasteiger charge is 2.26. The van der Waals surface area contributed by atoms with E-state index < -0.39 is 36.0 Å². The second-order valence-corrected chi connectivity index (χ2v) is 7.95. The molecule has 0 radical (unpaired) electrons. The maximum absolute atomic E-state index is 12.5. The van der Waals surface area contributed by atoms with Crippen LogP contribution >= 0.6 is 0 Å². The van der Waals surface area contributed by atoms with Gasteiger partial charge in [-0.1, -0.05) is 56.3 Å². The van der Waals surface area contributed by atoms with Crippen molar-refractivity contribution in [1.82, 2.24) is 16.2 Å². The first-order valence-electron chi connectivity index (χ1n) is 10.8. The van der Waals surface area contributed by atoms with Crippen LogP contribution in [0.5, 0.6) is 5.75 Å². The second kappa shape index (κ2) is 12.9. The second-order valence-electron chi connectivity index (χ2n) is 7.95. The van der Waals surface area contributed by atoms with Gasteiger partial charge in [-0.15, -0.1) is 0 Å². The zero-order chi connectivity index (χ0) is 25.1. The minimum atomic E-state index is -0.943. The molecule has 0 aliphatic heterocycles. The van der Waals surface area contributed by atoms with Crippen molar-refractivity contribution in [3.8, 4) is 5.75 Å². The number of esters is 1. The van der Waals surface area contributed by atoms with Crippen molar-refractivity contribution in [2.75, 3.05) is 0 Å². The van der Waals surface area contributed by atoms with Crippen molar-refractivity contribution in [3.63, 3.8) is 0 Å². The highest BCUT2D eigenvalue weighted by molar-refractivity contribution is 5.89. The van der Waals surface area contributed by atoms with Crippen LogP contribution in [0.15, 0.2) is 54.6 Å². The Kier molecular flexibility index (Phi) is 10.0. The van der Waals surface area contributed by atoms with Gasteiger partial charge in [-0.25, -0.2) is 4.79 Å². The maximum atomic E-state index is 12.5. The van der Waals surface area contributed by atoms with Crippen molar-refractivity contribution < 1.29 is 28.7 Å². The quantitative estimate of drug-likeness (QED) is 0.247. The van der Waals surface area contributed by atoms with E-state index in [1.165, 1.54) is 6.92 Å². The summed E-state index contributed by atoms with van der Waals surface area (Å²) in [4.78, 5) is 47.9. The summed E-state index contributed by atoms with van der Waals surface area (Å²) in [6, 6.07) is 13.8. The number of nitrogens with two attached hydrogens (primary N) is 1. The molecule has 3 amide bonds. The Balaban J connectivity index is 1.81. The van der Waals surface area contributed by atoms with Gasteiger partial charge < -0.3 is 20.5 Å². The molecule has 10 heteroatoms. The van der Waals surface area contributed by atoms with Crippen LogP contribution in [0.3, 0.4) is 0 Å². The molecule has 0 saturated carbocycles. The van der Waals surface area contributed by atoms with Gasteiger partial charge in [-0.2, -0.15) is 0 Å². The van der Waals surface area contributed by atoms with E-state index in [0.717, 1.165) is 11.1 Å². The summed E-state index contributed by atoms with van der Waals surface area (Å²) in [5.74, 6) is -1.54. The zero-order valence-electron chi connectivity index (χ0n) is 19.4. The number of alkyl carbamates (subject to hydrolysis) is 1. The van der Waals surface area contributed by atoms with Gasteiger partial charge in [-0.05, 0) is 35.6 Å². The van der Waals surface area contributed by atoms with Gasteiger partial charge >= 0.3 is 12.1 Å². The first-order valence-corrected chi connectivity index (χ1v) is 10.8. The number of hydrogen-bond donors (Lipinski definition) is 4. The lowest BCUT2D eigenvalue weighted by Crippen LogP contribution is -2.56. The highest BCUT2D eigenvalue weighted by atomic mass is 16.5. The molecule has 0 saturated heterocycles. The standard InChI is InChI=1S/C24H30N4O6/c1-15(2)21(26-24(32)33-14-18-7-5-4-6-8-18)23(31)28-27-22(30)20(25)13-17-9-11-19(12-10-17)34-16(3)29/h4-12,15,20-21H,13-14,25H2,1-3H3,(H,26,32)(H,27,30)(H,28,31). The van der Waals surface area contributed by atoms with E-state index >= 15 is 0 Å². The average Bonchev–Trinajstić information content (AvgIpc) is 2.80. The Bertz CT molecular complexity index is 979.